The normalized spacial score (nSPS) is 10.5. The fraction of sp³-hybridized carbons (Fsp3) is 0.261. The number of rotatable bonds is 9. The third-order valence-electron chi connectivity index (χ3n) is 4.09. The number of carbonyl (C=O) groups is 2. The van der Waals surface area contributed by atoms with Crippen LogP contribution in [0, 0.1) is 11.3 Å². The van der Waals surface area contributed by atoms with E-state index in [-0.39, 0.29) is 19.1 Å². The van der Waals surface area contributed by atoms with Crippen molar-refractivity contribution in [1.29, 1.82) is 5.26 Å². The smallest absolute Gasteiger partial charge is 0.331 e. The number of anilines is 1. The van der Waals surface area contributed by atoms with Crippen LogP contribution in [0.5, 0.6) is 11.5 Å². The maximum Gasteiger partial charge on any atom is 0.331 e. The van der Waals surface area contributed by atoms with Gasteiger partial charge in [0.2, 0.25) is 0 Å². The summed E-state index contributed by atoms with van der Waals surface area (Å²) in [6.45, 7) is 3.58. The van der Waals surface area contributed by atoms with Crippen molar-refractivity contribution in [3.63, 3.8) is 0 Å². The van der Waals surface area contributed by atoms with E-state index in [2.05, 4.69) is 5.32 Å². The summed E-state index contributed by atoms with van der Waals surface area (Å²) in [7, 11) is 1.48. The van der Waals surface area contributed by atoms with Crippen LogP contribution in [-0.4, -0.2) is 32.2 Å². The highest BCUT2D eigenvalue weighted by Gasteiger charge is 2.11. The summed E-state index contributed by atoms with van der Waals surface area (Å²) in [6.07, 6.45) is 2.75. The second kappa shape index (κ2) is 11.3. The second-order valence-electron chi connectivity index (χ2n) is 6.59. The molecular formula is C23H24N2O5. The zero-order valence-electron chi connectivity index (χ0n) is 17.2. The van der Waals surface area contributed by atoms with Crippen LogP contribution < -0.4 is 14.8 Å². The maximum absolute atomic E-state index is 12.1. The standard InChI is InChI=1S/C23H24N2O5/c1-16(2)18-6-4-5-7-19(18)25-22(26)15-30-23(27)11-9-17-8-10-20(29-13-12-24)21(14-17)28-3/h4-11,14,16H,13,15H2,1-3H3,(H,25,26)/b11-9+. The number of hydrogen-bond acceptors (Lipinski definition) is 6. The molecule has 2 aromatic carbocycles. The van der Waals surface area contributed by atoms with Gasteiger partial charge in [-0.25, -0.2) is 4.79 Å². The molecule has 0 atom stereocenters. The number of methoxy groups -OCH3 is 1. The van der Waals surface area contributed by atoms with E-state index < -0.39 is 11.9 Å². The van der Waals surface area contributed by atoms with Crippen molar-refractivity contribution in [2.45, 2.75) is 19.8 Å². The molecule has 156 valence electrons. The number of nitriles is 1. The minimum Gasteiger partial charge on any atom is -0.493 e. The fourth-order valence-electron chi connectivity index (χ4n) is 2.67. The van der Waals surface area contributed by atoms with Crippen molar-refractivity contribution in [2.24, 2.45) is 0 Å². The molecule has 0 bridgehead atoms. The summed E-state index contributed by atoms with van der Waals surface area (Å²) in [5.74, 6) is 0.0540. The Kier molecular flexibility index (Phi) is 8.45. The average Bonchev–Trinajstić information content (AvgIpc) is 2.75. The number of amides is 1. The lowest BCUT2D eigenvalue weighted by molar-refractivity contribution is -0.142. The van der Waals surface area contributed by atoms with Crippen molar-refractivity contribution >= 4 is 23.6 Å². The van der Waals surface area contributed by atoms with E-state index in [0.717, 1.165) is 5.56 Å². The van der Waals surface area contributed by atoms with Crippen LogP contribution in [0.2, 0.25) is 0 Å². The Morgan fingerprint density at radius 2 is 1.93 bits per heavy atom. The predicted octanol–water partition coefficient (Wildman–Crippen LogP) is 3.92. The van der Waals surface area contributed by atoms with Crippen LogP contribution in [0.25, 0.3) is 6.08 Å². The van der Waals surface area contributed by atoms with Gasteiger partial charge in [0, 0.05) is 11.8 Å². The first-order valence-electron chi connectivity index (χ1n) is 9.36. The number of esters is 1. The zero-order valence-corrected chi connectivity index (χ0v) is 17.2. The molecule has 0 saturated heterocycles. The highest BCUT2D eigenvalue weighted by atomic mass is 16.5. The van der Waals surface area contributed by atoms with E-state index in [0.29, 0.717) is 22.7 Å². The van der Waals surface area contributed by atoms with Gasteiger partial charge in [0.25, 0.3) is 5.91 Å². The Hall–Kier alpha value is -3.79. The number of carbonyl (C=O) groups excluding carboxylic acids is 2. The molecule has 0 saturated carbocycles. The summed E-state index contributed by atoms with van der Waals surface area (Å²) >= 11 is 0. The molecule has 0 aliphatic carbocycles. The Bertz CT molecular complexity index is 960. The fourth-order valence-corrected chi connectivity index (χ4v) is 2.67. The third-order valence-corrected chi connectivity index (χ3v) is 4.09. The largest absolute Gasteiger partial charge is 0.493 e. The summed E-state index contributed by atoms with van der Waals surface area (Å²) in [5, 5.41) is 11.4. The molecule has 2 aromatic rings. The molecule has 1 N–H and O–H groups in total. The SMILES string of the molecule is COc1cc(/C=C/C(=O)OCC(=O)Nc2ccccc2C(C)C)ccc1OCC#N. The molecule has 0 heterocycles. The van der Waals surface area contributed by atoms with Crippen molar-refractivity contribution in [3.8, 4) is 17.6 Å². The molecule has 0 aliphatic rings. The number of para-hydroxylation sites is 1. The zero-order chi connectivity index (χ0) is 21.9. The topological polar surface area (TPSA) is 97.7 Å². The summed E-state index contributed by atoms with van der Waals surface area (Å²) < 4.78 is 15.5. The summed E-state index contributed by atoms with van der Waals surface area (Å²) in [4.78, 5) is 24.0. The molecule has 7 nitrogen and oxygen atoms in total. The third kappa shape index (κ3) is 6.67. The van der Waals surface area contributed by atoms with E-state index in [1.807, 2.05) is 44.2 Å². The maximum atomic E-state index is 12.1. The molecule has 0 radical (unpaired) electrons. The summed E-state index contributed by atoms with van der Waals surface area (Å²) in [6, 6.07) is 14.4. The van der Waals surface area contributed by atoms with Gasteiger partial charge >= 0.3 is 5.97 Å². The molecule has 0 unspecified atom stereocenters. The Morgan fingerprint density at radius 3 is 2.63 bits per heavy atom. The Labute approximate surface area is 175 Å². The van der Waals surface area contributed by atoms with Crippen LogP contribution >= 0.6 is 0 Å². The van der Waals surface area contributed by atoms with Gasteiger partial charge in [-0.1, -0.05) is 38.1 Å². The van der Waals surface area contributed by atoms with Crippen LogP contribution in [0.1, 0.15) is 30.9 Å². The molecular weight excluding hydrogens is 384 g/mol. The lowest BCUT2D eigenvalue weighted by Crippen LogP contribution is -2.21. The van der Waals surface area contributed by atoms with Crippen molar-refractivity contribution in [3.05, 3.63) is 59.7 Å². The first-order valence-corrected chi connectivity index (χ1v) is 9.36. The molecule has 0 spiro atoms. The van der Waals surface area contributed by atoms with Gasteiger partial charge in [0.05, 0.1) is 7.11 Å². The van der Waals surface area contributed by atoms with E-state index in [9.17, 15) is 9.59 Å². The van der Waals surface area contributed by atoms with Gasteiger partial charge in [0.1, 0.15) is 6.07 Å². The average molecular weight is 408 g/mol. The van der Waals surface area contributed by atoms with E-state index >= 15 is 0 Å². The second-order valence-corrected chi connectivity index (χ2v) is 6.59. The number of nitrogens with one attached hydrogen (secondary N) is 1. The Morgan fingerprint density at radius 1 is 1.17 bits per heavy atom. The minimum atomic E-state index is -0.647. The molecule has 7 heteroatoms. The van der Waals surface area contributed by atoms with Gasteiger partial charge in [-0.05, 0) is 41.3 Å². The Balaban J connectivity index is 1.91. The predicted molar refractivity (Wildman–Crippen MR) is 113 cm³/mol. The molecule has 2 rings (SSSR count). The van der Waals surface area contributed by atoms with Gasteiger partial charge < -0.3 is 19.5 Å². The van der Waals surface area contributed by atoms with E-state index in [4.69, 9.17) is 19.5 Å². The monoisotopic (exact) mass is 408 g/mol. The molecule has 0 fully saturated rings. The number of nitrogens with zero attached hydrogens (tertiary/aromatic N) is 1. The molecule has 1 amide bonds. The van der Waals surface area contributed by atoms with Gasteiger partial charge in [0.15, 0.2) is 24.7 Å². The van der Waals surface area contributed by atoms with Crippen molar-refractivity contribution in [2.75, 3.05) is 25.6 Å². The number of hydrogen-bond donors (Lipinski definition) is 1. The van der Waals surface area contributed by atoms with Gasteiger partial charge in [-0.3, -0.25) is 4.79 Å². The quantitative estimate of drug-likeness (QED) is 0.499. The van der Waals surface area contributed by atoms with Crippen molar-refractivity contribution < 1.29 is 23.8 Å². The van der Waals surface area contributed by atoms with E-state index in [1.54, 1.807) is 18.2 Å². The molecule has 0 aliphatic heterocycles. The number of benzene rings is 2. The van der Waals surface area contributed by atoms with Crippen LogP contribution in [0.15, 0.2) is 48.5 Å². The highest BCUT2D eigenvalue weighted by Crippen LogP contribution is 2.28. The highest BCUT2D eigenvalue weighted by molar-refractivity contribution is 5.95. The van der Waals surface area contributed by atoms with Crippen LogP contribution in [0.3, 0.4) is 0 Å². The van der Waals surface area contributed by atoms with E-state index in [1.165, 1.54) is 19.3 Å². The summed E-state index contributed by atoms with van der Waals surface area (Å²) in [5.41, 5.74) is 2.38. The van der Waals surface area contributed by atoms with Gasteiger partial charge in [-0.15, -0.1) is 0 Å². The molecule has 30 heavy (non-hydrogen) atoms. The first-order chi connectivity index (χ1) is 14.4. The first kappa shape index (κ1) is 22.5. The lowest BCUT2D eigenvalue weighted by atomic mass is 10.0. The lowest BCUT2D eigenvalue weighted by Gasteiger charge is -2.13. The van der Waals surface area contributed by atoms with Gasteiger partial charge in [-0.2, -0.15) is 5.26 Å². The minimum absolute atomic E-state index is 0.0957. The number of ether oxygens (including phenoxy) is 3. The van der Waals surface area contributed by atoms with Crippen molar-refractivity contribution in [1.82, 2.24) is 0 Å². The molecule has 0 aromatic heterocycles. The van der Waals surface area contributed by atoms with Crippen LogP contribution in [0.4, 0.5) is 5.69 Å². The van der Waals surface area contributed by atoms with Crippen LogP contribution in [-0.2, 0) is 14.3 Å².